The summed E-state index contributed by atoms with van der Waals surface area (Å²) in [7, 11) is 0. The van der Waals surface area contributed by atoms with E-state index in [1.165, 1.54) is 135 Å². The third-order valence-electron chi connectivity index (χ3n) is 8.68. The molecular formula is C37H72O4. The van der Waals surface area contributed by atoms with Gasteiger partial charge in [0.05, 0.1) is 6.61 Å². The van der Waals surface area contributed by atoms with Gasteiger partial charge in [-0.25, -0.2) is 0 Å². The largest absolute Gasteiger partial charge is 0.481 e. The summed E-state index contributed by atoms with van der Waals surface area (Å²) >= 11 is 0. The minimum absolute atomic E-state index is 0.00192. The van der Waals surface area contributed by atoms with E-state index in [4.69, 9.17) is 9.84 Å². The summed E-state index contributed by atoms with van der Waals surface area (Å²) in [5.74, 6) is -0.210. The van der Waals surface area contributed by atoms with Gasteiger partial charge in [-0.1, -0.05) is 174 Å². The van der Waals surface area contributed by atoms with Crippen LogP contribution in [0, 0.1) is 5.92 Å². The molecule has 0 aliphatic rings. The zero-order valence-electron chi connectivity index (χ0n) is 27.9. The first-order chi connectivity index (χ1) is 20.1. The maximum Gasteiger partial charge on any atom is 0.305 e. The summed E-state index contributed by atoms with van der Waals surface area (Å²) in [6.07, 6.45) is 37.7. The molecule has 4 heteroatoms. The van der Waals surface area contributed by atoms with Crippen molar-refractivity contribution in [3.63, 3.8) is 0 Å². The molecule has 0 rings (SSSR count). The average molecular weight is 581 g/mol. The lowest BCUT2D eigenvalue weighted by atomic mass is 9.94. The van der Waals surface area contributed by atoms with Crippen LogP contribution < -0.4 is 0 Å². The minimum Gasteiger partial charge on any atom is -0.481 e. The van der Waals surface area contributed by atoms with Gasteiger partial charge < -0.3 is 9.84 Å². The number of unbranched alkanes of at least 4 members (excludes halogenated alkanes) is 24. The number of carboxylic acid groups (broad SMARTS) is 1. The Morgan fingerprint density at radius 2 is 0.780 bits per heavy atom. The van der Waals surface area contributed by atoms with Crippen molar-refractivity contribution >= 4 is 11.9 Å². The fourth-order valence-corrected chi connectivity index (χ4v) is 5.86. The van der Waals surface area contributed by atoms with Crippen molar-refractivity contribution in [2.45, 2.75) is 213 Å². The topological polar surface area (TPSA) is 63.6 Å². The number of ether oxygens (including phenoxy) is 1. The predicted octanol–water partition coefficient (Wildman–Crippen LogP) is 12.4. The molecule has 0 aromatic heterocycles. The molecule has 41 heavy (non-hydrogen) atoms. The summed E-state index contributed by atoms with van der Waals surface area (Å²) in [6, 6.07) is 0. The Morgan fingerprint density at radius 1 is 0.463 bits per heavy atom. The van der Waals surface area contributed by atoms with Crippen molar-refractivity contribution in [3.05, 3.63) is 0 Å². The number of hydrogen-bond acceptors (Lipinski definition) is 3. The quantitative estimate of drug-likeness (QED) is 0.0607. The van der Waals surface area contributed by atoms with E-state index in [2.05, 4.69) is 13.8 Å². The first-order valence-corrected chi connectivity index (χ1v) is 18.5. The highest BCUT2D eigenvalue weighted by Gasteiger charge is 2.12. The van der Waals surface area contributed by atoms with E-state index < -0.39 is 5.97 Å². The van der Waals surface area contributed by atoms with Crippen LogP contribution in [0.25, 0.3) is 0 Å². The van der Waals surface area contributed by atoms with Gasteiger partial charge in [-0.15, -0.1) is 0 Å². The summed E-state index contributed by atoms with van der Waals surface area (Å²) in [5, 5.41) is 8.78. The fraction of sp³-hybridized carbons (Fsp3) is 0.946. The molecule has 0 aliphatic heterocycles. The van der Waals surface area contributed by atoms with Crippen LogP contribution >= 0.6 is 0 Å². The van der Waals surface area contributed by atoms with E-state index in [-0.39, 0.29) is 12.4 Å². The van der Waals surface area contributed by atoms with Crippen molar-refractivity contribution in [3.8, 4) is 0 Å². The molecule has 0 saturated carbocycles. The molecule has 0 aromatic rings. The fourth-order valence-electron chi connectivity index (χ4n) is 5.86. The first kappa shape index (κ1) is 39.9. The Morgan fingerprint density at radius 3 is 1.15 bits per heavy atom. The van der Waals surface area contributed by atoms with Crippen molar-refractivity contribution in [2.24, 2.45) is 5.92 Å². The van der Waals surface area contributed by atoms with Crippen LogP contribution in [-0.4, -0.2) is 23.7 Å². The lowest BCUT2D eigenvalue weighted by Gasteiger charge is -2.17. The molecular weight excluding hydrogens is 508 g/mol. The number of carbonyl (C=O) groups excluding carboxylic acids is 1. The van der Waals surface area contributed by atoms with Crippen molar-refractivity contribution < 1.29 is 19.4 Å². The van der Waals surface area contributed by atoms with Gasteiger partial charge in [0, 0.05) is 12.8 Å². The molecule has 0 bridgehead atoms. The number of esters is 1. The van der Waals surface area contributed by atoms with Crippen LogP contribution in [0.2, 0.25) is 0 Å². The number of carbonyl (C=O) groups is 2. The molecule has 0 aromatic carbocycles. The maximum atomic E-state index is 12.4. The second-order valence-electron chi connectivity index (χ2n) is 12.9. The molecule has 0 heterocycles. The first-order valence-electron chi connectivity index (χ1n) is 18.5. The average Bonchev–Trinajstić information content (AvgIpc) is 2.96. The standard InChI is InChI=1S/C37H72O4/c1-3-5-7-9-11-12-13-14-15-16-17-18-20-25-29-33-37(40)41-34-35(30-26-22-19-10-8-6-4-2)31-27-23-21-24-28-32-36(38)39/h35H,3-34H2,1-2H3,(H,38,39). The Kier molecular flexibility index (Phi) is 32.6. The molecule has 0 spiro atoms. The van der Waals surface area contributed by atoms with Crippen LogP contribution in [0.3, 0.4) is 0 Å². The van der Waals surface area contributed by atoms with Crippen LogP contribution in [0.4, 0.5) is 0 Å². The number of hydrogen-bond donors (Lipinski definition) is 1. The highest BCUT2D eigenvalue weighted by molar-refractivity contribution is 5.69. The predicted molar refractivity (Wildman–Crippen MR) is 177 cm³/mol. The molecule has 4 nitrogen and oxygen atoms in total. The summed E-state index contributed by atoms with van der Waals surface area (Å²) in [6.45, 7) is 5.13. The van der Waals surface area contributed by atoms with E-state index >= 15 is 0 Å². The van der Waals surface area contributed by atoms with Crippen LogP contribution in [0.5, 0.6) is 0 Å². The van der Waals surface area contributed by atoms with Gasteiger partial charge in [-0.05, 0) is 31.6 Å². The molecule has 0 saturated heterocycles. The van der Waals surface area contributed by atoms with Gasteiger partial charge in [-0.2, -0.15) is 0 Å². The molecule has 244 valence electrons. The minimum atomic E-state index is -0.689. The van der Waals surface area contributed by atoms with Gasteiger partial charge in [0.15, 0.2) is 0 Å². The monoisotopic (exact) mass is 581 g/mol. The Bertz CT molecular complexity index is 547. The van der Waals surface area contributed by atoms with E-state index in [1.807, 2.05) is 0 Å². The van der Waals surface area contributed by atoms with Gasteiger partial charge in [0.25, 0.3) is 0 Å². The second-order valence-corrected chi connectivity index (χ2v) is 12.9. The molecule has 1 unspecified atom stereocenters. The lowest BCUT2D eigenvalue weighted by Crippen LogP contribution is -2.14. The summed E-state index contributed by atoms with van der Waals surface area (Å²) in [4.78, 5) is 23.1. The number of carboxylic acids is 1. The van der Waals surface area contributed by atoms with Crippen molar-refractivity contribution in [1.82, 2.24) is 0 Å². The van der Waals surface area contributed by atoms with Gasteiger partial charge in [0.1, 0.15) is 0 Å². The highest BCUT2D eigenvalue weighted by atomic mass is 16.5. The van der Waals surface area contributed by atoms with Gasteiger partial charge in [0.2, 0.25) is 0 Å². The number of aliphatic carboxylic acids is 1. The van der Waals surface area contributed by atoms with E-state index in [1.54, 1.807) is 0 Å². The maximum absolute atomic E-state index is 12.4. The lowest BCUT2D eigenvalue weighted by molar-refractivity contribution is -0.145. The van der Waals surface area contributed by atoms with Crippen molar-refractivity contribution in [2.75, 3.05) is 6.61 Å². The Hall–Kier alpha value is -1.06. The number of rotatable bonds is 34. The third kappa shape index (κ3) is 33.3. The van der Waals surface area contributed by atoms with Crippen LogP contribution in [0.1, 0.15) is 213 Å². The van der Waals surface area contributed by atoms with Gasteiger partial charge >= 0.3 is 11.9 Å². The summed E-state index contributed by atoms with van der Waals surface area (Å²) < 4.78 is 5.75. The molecule has 1 N–H and O–H groups in total. The smallest absolute Gasteiger partial charge is 0.305 e. The normalized spacial score (nSPS) is 12.0. The van der Waals surface area contributed by atoms with Gasteiger partial charge in [-0.3, -0.25) is 9.59 Å². The summed E-state index contributed by atoms with van der Waals surface area (Å²) in [5.41, 5.74) is 0. The zero-order valence-corrected chi connectivity index (χ0v) is 27.9. The molecule has 0 fully saturated rings. The molecule has 1 atom stereocenters. The molecule has 0 radical (unpaired) electrons. The third-order valence-corrected chi connectivity index (χ3v) is 8.68. The molecule has 0 aliphatic carbocycles. The van der Waals surface area contributed by atoms with Crippen LogP contribution in [-0.2, 0) is 14.3 Å². The Balaban J connectivity index is 3.86. The zero-order chi connectivity index (χ0) is 30.1. The Labute approximate surface area is 256 Å². The van der Waals surface area contributed by atoms with Crippen molar-refractivity contribution in [1.29, 1.82) is 0 Å². The molecule has 0 amide bonds. The second kappa shape index (κ2) is 33.4. The van der Waals surface area contributed by atoms with Crippen LogP contribution in [0.15, 0.2) is 0 Å². The van der Waals surface area contributed by atoms with E-state index in [0.717, 1.165) is 51.4 Å². The van der Waals surface area contributed by atoms with E-state index in [9.17, 15) is 9.59 Å². The van der Waals surface area contributed by atoms with E-state index in [0.29, 0.717) is 18.9 Å². The SMILES string of the molecule is CCCCCCCCCCCCCCCCCC(=O)OCC(CCCCCCCCC)CCCCCCCC(=O)O. The highest BCUT2D eigenvalue weighted by Crippen LogP contribution is 2.21.